The first kappa shape index (κ1) is 19.3. The number of carbonyl (C=O) groups excluding carboxylic acids is 1. The molecule has 134 valence electrons. The summed E-state index contributed by atoms with van der Waals surface area (Å²) in [6.07, 6.45) is 2.64. The Balaban J connectivity index is 0.00000225. The average Bonchev–Trinajstić information content (AvgIpc) is 3.08. The van der Waals surface area contributed by atoms with Crippen LogP contribution in [0.2, 0.25) is 0 Å². The number of carbonyl (C=O) groups is 1. The van der Waals surface area contributed by atoms with Gasteiger partial charge in [0.2, 0.25) is 5.91 Å². The second kappa shape index (κ2) is 9.44. The number of amides is 1. The van der Waals surface area contributed by atoms with Crippen LogP contribution < -0.4 is 15.4 Å². The van der Waals surface area contributed by atoms with Crippen molar-refractivity contribution in [3.05, 3.63) is 54.1 Å². The number of para-hydroxylation sites is 2. The van der Waals surface area contributed by atoms with Crippen LogP contribution in [-0.2, 0) is 4.79 Å². The number of halogens is 1. The number of rotatable bonds is 6. The van der Waals surface area contributed by atoms with Gasteiger partial charge in [0.15, 0.2) is 5.75 Å². The highest BCUT2D eigenvalue weighted by Gasteiger charge is 2.16. The van der Waals surface area contributed by atoms with E-state index in [9.17, 15) is 4.79 Å². The molecule has 1 aliphatic heterocycles. The molecule has 2 aromatic rings. The lowest BCUT2D eigenvalue weighted by Gasteiger charge is -2.13. The number of hydrogen-bond acceptors (Lipinski definition) is 3. The maximum atomic E-state index is 12.2. The standard InChI is InChI=1S/C20H24N2O2.ClH/c1-15-5-4-6-17(13-15)24-19-8-3-2-7-18(19)22-20(23)10-9-16-11-12-21-14-16;/h2-8,13,16,21H,9-12,14H2,1H3,(H,22,23);1H. The molecule has 3 rings (SSSR count). The summed E-state index contributed by atoms with van der Waals surface area (Å²) in [4.78, 5) is 12.2. The zero-order chi connectivity index (χ0) is 16.8. The van der Waals surface area contributed by atoms with Crippen LogP contribution in [-0.4, -0.2) is 19.0 Å². The minimum atomic E-state index is 0. The third kappa shape index (κ3) is 5.76. The Hall–Kier alpha value is -2.04. The maximum absolute atomic E-state index is 12.2. The van der Waals surface area contributed by atoms with E-state index in [4.69, 9.17) is 4.74 Å². The van der Waals surface area contributed by atoms with E-state index in [1.54, 1.807) is 0 Å². The Labute approximate surface area is 155 Å². The molecule has 0 aliphatic carbocycles. The van der Waals surface area contributed by atoms with Crippen molar-refractivity contribution < 1.29 is 9.53 Å². The van der Waals surface area contributed by atoms with Crippen LogP contribution in [0.3, 0.4) is 0 Å². The smallest absolute Gasteiger partial charge is 0.224 e. The monoisotopic (exact) mass is 360 g/mol. The van der Waals surface area contributed by atoms with Crippen molar-refractivity contribution in [2.24, 2.45) is 5.92 Å². The van der Waals surface area contributed by atoms with Crippen molar-refractivity contribution in [2.75, 3.05) is 18.4 Å². The molecule has 0 aromatic heterocycles. The molecule has 1 unspecified atom stereocenters. The first-order valence-electron chi connectivity index (χ1n) is 8.55. The fourth-order valence-electron chi connectivity index (χ4n) is 2.97. The van der Waals surface area contributed by atoms with E-state index < -0.39 is 0 Å². The Morgan fingerprint density at radius 3 is 2.84 bits per heavy atom. The molecular weight excluding hydrogens is 336 g/mol. The molecule has 1 fully saturated rings. The Morgan fingerprint density at radius 1 is 1.24 bits per heavy atom. The Kier molecular flexibility index (Phi) is 7.29. The first-order valence-corrected chi connectivity index (χ1v) is 8.55. The van der Waals surface area contributed by atoms with Gasteiger partial charge in [0.05, 0.1) is 5.69 Å². The van der Waals surface area contributed by atoms with Crippen molar-refractivity contribution in [1.82, 2.24) is 5.32 Å². The first-order chi connectivity index (χ1) is 11.7. The largest absolute Gasteiger partial charge is 0.455 e. The van der Waals surface area contributed by atoms with Gasteiger partial charge in [-0.3, -0.25) is 4.79 Å². The van der Waals surface area contributed by atoms with Crippen LogP contribution in [0.1, 0.15) is 24.8 Å². The van der Waals surface area contributed by atoms with Gasteiger partial charge in [0, 0.05) is 6.42 Å². The highest BCUT2D eigenvalue weighted by molar-refractivity contribution is 5.92. The summed E-state index contributed by atoms with van der Waals surface area (Å²) in [5, 5.41) is 6.32. The fraction of sp³-hybridized carbons (Fsp3) is 0.350. The summed E-state index contributed by atoms with van der Waals surface area (Å²) in [6, 6.07) is 15.4. The third-order valence-electron chi connectivity index (χ3n) is 4.32. The van der Waals surface area contributed by atoms with Gasteiger partial charge in [-0.05, 0) is 68.6 Å². The molecule has 0 radical (unpaired) electrons. The van der Waals surface area contributed by atoms with Gasteiger partial charge in [-0.25, -0.2) is 0 Å². The van der Waals surface area contributed by atoms with E-state index in [1.165, 1.54) is 6.42 Å². The number of hydrogen-bond donors (Lipinski definition) is 2. The van der Waals surface area contributed by atoms with E-state index in [2.05, 4.69) is 10.6 Å². The van der Waals surface area contributed by atoms with Gasteiger partial charge in [-0.1, -0.05) is 24.3 Å². The molecule has 2 N–H and O–H groups in total. The van der Waals surface area contributed by atoms with Crippen LogP contribution in [0.25, 0.3) is 0 Å². The van der Waals surface area contributed by atoms with Crippen molar-refractivity contribution in [1.29, 1.82) is 0 Å². The molecule has 2 aromatic carbocycles. The highest BCUT2D eigenvalue weighted by Crippen LogP contribution is 2.30. The number of anilines is 1. The van der Waals surface area contributed by atoms with Crippen LogP contribution >= 0.6 is 12.4 Å². The lowest BCUT2D eigenvalue weighted by Crippen LogP contribution is -2.15. The molecular formula is C20H25ClN2O2. The van der Waals surface area contributed by atoms with E-state index in [0.29, 0.717) is 23.8 Å². The minimum absolute atomic E-state index is 0. The molecule has 1 saturated heterocycles. The van der Waals surface area contributed by atoms with Gasteiger partial charge in [0.25, 0.3) is 0 Å². The predicted molar refractivity (Wildman–Crippen MR) is 104 cm³/mol. The van der Waals surface area contributed by atoms with Crippen molar-refractivity contribution in [3.63, 3.8) is 0 Å². The predicted octanol–water partition coefficient (Wildman–Crippen LogP) is 4.54. The Bertz CT molecular complexity index is 700. The van der Waals surface area contributed by atoms with Crippen molar-refractivity contribution in [3.8, 4) is 11.5 Å². The molecule has 0 bridgehead atoms. The SMILES string of the molecule is Cc1cccc(Oc2ccccc2NC(=O)CCC2CCNC2)c1.Cl. The summed E-state index contributed by atoms with van der Waals surface area (Å²) >= 11 is 0. The lowest BCUT2D eigenvalue weighted by atomic mass is 10.0. The molecule has 0 spiro atoms. The van der Waals surface area contributed by atoms with E-state index in [-0.39, 0.29) is 18.3 Å². The average molecular weight is 361 g/mol. The zero-order valence-electron chi connectivity index (χ0n) is 14.5. The second-order valence-electron chi connectivity index (χ2n) is 6.36. The number of benzene rings is 2. The molecule has 1 atom stereocenters. The highest BCUT2D eigenvalue weighted by atomic mass is 35.5. The van der Waals surface area contributed by atoms with Gasteiger partial charge >= 0.3 is 0 Å². The number of nitrogens with one attached hydrogen (secondary N) is 2. The molecule has 1 heterocycles. The molecule has 1 amide bonds. The van der Waals surface area contributed by atoms with E-state index >= 15 is 0 Å². The van der Waals surface area contributed by atoms with Gasteiger partial charge < -0.3 is 15.4 Å². The van der Waals surface area contributed by atoms with E-state index in [0.717, 1.165) is 30.8 Å². The molecule has 5 heteroatoms. The van der Waals surface area contributed by atoms with Gasteiger partial charge in [-0.2, -0.15) is 0 Å². The quantitative estimate of drug-likeness (QED) is 0.795. The van der Waals surface area contributed by atoms with Gasteiger partial charge in [0.1, 0.15) is 5.75 Å². The van der Waals surface area contributed by atoms with Crippen molar-refractivity contribution >= 4 is 24.0 Å². The summed E-state index contributed by atoms with van der Waals surface area (Å²) in [7, 11) is 0. The molecule has 25 heavy (non-hydrogen) atoms. The minimum Gasteiger partial charge on any atom is -0.455 e. The van der Waals surface area contributed by atoms with E-state index in [1.807, 2.05) is 55.5 Å². The molecule has 0 saturated carbocycles. The number of aryl methyl sites for hydroxylation is 1. The zero-order valence-corrected chi connectivity index (χ0v) is 15.3. The summed E-state index contributed by atoms with van der Waals surface area (Å²) in [6.45, 7) is 4.12. The molecule has 1 aliphatic rings. The number of ether oxygens (including phenoxy) is 1. The maximum Gasteiger partial charge on any atom is 0.224 e. The van der Waals surface area contributed by atoms with Crippen LogP contribution in [0, 0.1) is 12.8 Å². The summed E-state index contributed by atoms with van der Waals surface area (Å²) < 4.78 is 5.94. The lowest BCUT2D eigenvalue weighted by molar-refractivity contribution is -0.116. The summed E-state index contributed by atoms with van der Waals surface area (Å²) in [5.74, 6) is 2.10. The fourth-order valence-corrected chi connectivity index (χ4v) is 2.97. The Morgan fingerprint density at radius 2 is 2.08 bits per heavy atom. The third-order valence-corrected chi connectivity index (χ3v) is 4.32. The van der Waals surface area contributed by atoms with Crippen LogP contribution in [0.4, 0.5) is 5.69 Å². The van der Waals surface area contributed by atoms with Crippen LogP contribution in [0.15, 0.2) is 48.5 Å². The topological polar surface area (TPSA) is 50.4 Å². The summed E-state index contributed by atoms with van der Waals surface area (Å²) in [5.41, 5.74) is 1.85. The normalized spacial score (nSPS) is 16.1. The van der Waals surface area contributed by atoms with Gasteiger partial charge in [-0.15, -0.1) is 12.4 Å². The van der Waals surface area contributed by atoms with Crippen molar-refractivity contribution in [2.45, 2.75) is 26.2 Å². The molecule has 4 nitrogen and oxygen atoms in total. The second-order valence-corrected chi connectivity index (χ2v) is 6.36. The van der Waals surface area contributed by atoms with Crippen LogP contribution in [0.5, 0.6) is 11.5 Å².